The summed E-state index contributed by atoms with van der Waals surface area (Å²) >= 11 is 0. The molecule has 0 atom stereocenters. The Morgan fingerprint density at radius 1 is 1.18 bits per heavy atom. The lowest BCUT2D eigenvalue weighted by molar-refractivity contribution is -0.00231. The molecule has 6 heteroatoms. The fourth-order valence-corrected chi connectivity index (χ4v) is 5.39. The Morgan fingerprint density at radius 2 is 1.77 bits per heavy atom. The van der Waals surface area contributed by atoms with E-state index in [1.807, 2.05) is 0 Å². The van der Waals surface area contributed by atoms with Gasteiger partial charge in [0.15, 0.2) is 0 Å². The predicted octanol–water partition coefficient (Wildman–Crippen LogP) is 2.00. The van der Waals surface area contributed by atoms with Crippen molar-refractivity contribution in [3.8, 4) is 0 Å². The van der Waals surface area contributed by atoms with Crippen molar-refractivity contribution in [2.24, 2.45) is 17.8 Å². The van der Waals surface area contributed by atoms with Crippen LogP contribution in [0.25, 0.3) is 0 Å². The van der Waals surface area contributed by atoms with Crippen LogP contribution in [0.2, 0.25) is 0 Å². The quantitative estimate of drug-likeness (QED) is 0.659. The number of hydroxylamine groups is 1. The Labute approximate surface area is 129 Å². The molecule has 4 aliphatic carbocycles. The zero-order chi connectivity index (χ0) is 15.3. The van der Waals surface area contributed by atoms with Crippen LogP contribution in [0.3, 0.4) is 0 Å². The number of rotatable bonds is 3. The molecule has 0 aliphatic heterocycles. The van der Waals surface area contributed by atoms with Crippen LogP contribution in [-0.4, -0.2) is 33.7 Å². The summed E-state index contributed by atoms with van der Waals surface area (Å²) in [6, 6.07) is 0. The molecular weight excluding hydrogens is 280 g/mol. The third-order valence-electron chi connectivity index (χ3n) is 6.03. The molecule has 0 unspecified atom stereocenters. The molecule has 0 radical (unpaired) electrons. The summed E-state index contributed by atoms with van der Waals surface area (Å²) in [5, 5.41) is 8.64. The lowest BCUT2D eigenvalue weighted by Crippen LogP contribution is -2.59. The van der Waals surface area contributed by atoms with Crippen LogP contribution in [0.4, 0.5) is 5.82 Å². The number of hydrogen-bond acceptors (Lipinski definition) is 5. The molecule has 1 aromatic rings. The molecule has 0 aromatic carbocycles. The summed E-state index contributed by atoms with van der Waals surface area (Å²) < 4.78 is 0. The molecule has 4 saturated carbocycles. The first-order valence-electron chi connectivity index (χ1n) is 8.10. The van der Waals surface area contributed by atoms with Gasteiger partial charge < -0.3 is 4.90 Å². The molecule has 4 bridgehead atoms. The highest BCUT2D eigenvalue weighted by Gasteiger charge is 2.53. The van der Waals surface area contributed by atoms with Crippen molar-refractivity contribution in [2.45, 2.75) is 44.1 Å². The van der Waals surface area contributed by atoms with Gasteiger partial charge in [-0.05, 0) is 56.3 Å². The Kier molecular flexibility index (Phi) is 3.11. The third kappa shape index (κ3) is 2.08. The molecule has 1 heterocycles. The van der Waals surface area contributed by atoms with Gasteiger partial charge >= 0.3 is 0 Å². The van der Waals surface area contributed by atoms with Crippen molar-refractivity contribution in [1.82, 2.24) is 15.4 Å². The van der Waals surface area contributed by atoms with Crippen LogP contribution in [-0.2, 0) is 0 Å². The van der Waals surface area contributed by atoms with Crippen LogP contribution in [0.1, 0.15) is 49.0 Å². The van der Waals surface area contributed by atoms with Crippen molar-refractivity contribution in [1.29, 1.82) is 0 Å². The van der Waals surface area contributed by atoms with E-state index in [9.17, 15) is 4.79 Å². The lowest BCUT2D eigenvalue weighted by Gasteiger charge is -2.60. The molecule has 5 rings (SSSR count). The minimum Gasteiger partial charge on any atom is -0.353 e. The second-order valence-corrected chi connectivity index (χ2v) is 7.40. The summed E-state index contributed by atoms with van der Waals surface area (Å²) in [4.78, 5) is 22.2. The van der Waals surface area contributed by atoms with Crippen molar-refractivity contribution in [3.63, 3.8) is 0 Å². The fourth-order valence-electron chi connectivity index (χ4n) is 5.39. The lowest BCUT2D eigenvalue weighted by atomic mass is 9.52. The minimum atomic E-state index is -0.628. The highest BCUT2D eigenvalue weighted by atomic mass is 16.5. The highest BCUT2D eigenvalue weighted by molar-refractivity contribution is 5.91. The van der Waals surface area contributed by atoms with Gasteiger partial charge in [-0.2, -0.15) is 0 Å². The number of aromatic nitrogens is 2. The Morgan fingerprint density at radius 3 is 2.23 bits per heavy atom. The van der Waals surface area contributed by atoms with Crippen LogP contribution in [0.5, 0.6) is 0 Å². The molecule has 0 saturated heterocycles. The van der Waals surface area contributed by atoms with E-state index in [1.165, 1.54) is 44.7 Å². The maximum Gasteiger partial charge on any atom is 0.294 e. The Bertz CT molecular complexity index is 551. The van der Waals surface area contributed by atoms with Gasteiger partial charge in [-0.25, -0.2) is 15.4 Å². The van der Waals surface area contributed by atoms with Gasteiger partial charge in [0.25, 0.3) is 5.91 Å². The number of nitrogens with one attached hydrogen (secondary N) is 1. The molecular formula is C16H22N4O2. The maximum absolute atomic E-state index is 11.3. The van der Waals surface area contributed by atoms with Crippen molar-refractivity contribution in [2.75, 3.05) is 11.9 Å². The molecule has 4 fully saturated rings. The van der Waals surface area contributed by atoms with Gasteiger partial charge in [0.1, 0.15) is 11.5 Å². The van der Waals surface area contributed by atoms with Gasteiger partial charge in [-0.1, -0.05) is 0 Å². The number of carbonyl (C=O) groups is 1. The minimum absolute atomic E-state index is 0.130. The smallest absolute Gasteiger partial charge is 0.294 e. The van der Waals surface area contributed by atoms with E-state index in [0.717, 1.165) is 23.6 Å². The van der Waals surface area contributed by atoms with Crippen molar-refractivity contribution < 1.29 is 10.0 Å². The van der Waals surface area contributed by atoms with E-state index >= 15 is 0 Å². The van der Waals surface area contributed by atoms with Gasteiger partial charge in [0, 0.05) is 12.6 Å². The maximum atomic E-state index is 11.3. The van der Waals surface area contributed by atoms with E-state index in [-0.39, 0.29) is 11.2 Å². The van der Waals surface area contributed by atoms with Crippen LogP contribution >= 0.6 is 0 Å². The van der Waals surface area contributed by atoms with Gasteiger partial charge in [-0.15, -0.1) is 0 Å². The Hall–Kier alpha value is -1.69. The SMILES string of the molecule is CN(c1cnc(C(=O)NO)cn1)C12CC3CC(CC(C3)C1)C2. The number of carbonyl (C=O) groups excluding carboxylic acids is 1. The molecule has 4 aliphatic rings. The molecule has 2 N–H and O–H groups in total. The average molecular weight is 302 g/mol. The van der Waals surface area contributed by atoms with Gasteiger partial charge in [-0.3, -0.25) is 10.0 Å². The van der Waals surface area contributed by atoms with Crippen LogP contribution < -0.4 is 10.4 Å². The largest absolute Gasteiger partial charge is 0.353 e. The zero-order valence-corrected chi connectivity index (χ0v) is 12.8. The normalized spacial score (nSPS) is 35.5. The first-order valence-corrected chi connectivity index (χ1v) is 8.10. The molecule has 22 heavy (non-hydrogen) atoms. The third-order valence-corrected chi connectivity index (χ3v) is 6.03. The molecule has 1 amide bonds. The van der Waals surface area contributed by atoms with E-state index in [4.69, 9.17) is 5.21 Å². The second kappa shape index (κ2) is 4.91. The standard InChI is InChI=1S/C16H22N4O2/c1-20(14-9-17-13(8-18-14)15(21)19-22)16-5-10-2-11(6-16)4-12(3-10)7-16/h8-12,22H,2-7H2,1H3,(H,19,21). The van der Waals surface area contributed by atoms with E-state index < -0.39 is 5.91 Å². The van der Waals surface area contributed by atoms with Crippen LogP contribution in [0, 0.1) is 17.8 Å². The molecule has 0 spiro atoms. The number of amides is 1. The summed E-state index contributed by atoms with van der Waals surface area (Å²) in [5.41, 5.74) is 1.94. The number of anilines is 1. The topological polar surface area (TPSA) is 78.4 Å². The summed E-state index contributed by atoms with van der Waals surface area (Å²) in [6.07, 6.45) is 11.1. The van der Waals surface area contributed by atoms with Crippen LogP contribution in [0.15, 0.2) is 12.4 Å². The first-order chi connectivity index (χ1) is 10.6. The fraction of sp³-hybridized carbons (Fsp3) is 0.688. The molecule has 1 aromatic heterocycles. The van der Waals surface area contributed by atoms with Gasteiger partial charge in [0.05, 0.1) is 12.4 Å². The zero-order valence-electron chi connectivity index (χ0n) is 12.8. The summed E-state index contributed by atoms with van der Waals surface area (Å²) in [7, 11) is 2.11. The summed E-state index contributed by atoms with van der Waals surface area (Å²) in [6.45, 7) is 0. The first kappa shape index (κ1) is 13.9. The average Bonchev–Trinajstić information content (AvgIpc) is 2.52. The van der Waals surface area contributed by atoms with E-state index in [0.29, 0.717) is 0 Å². The van der Waals surface area contributed by atoms with E-state index in [1.54, 1.807) is 11.7 Å². The number of hydrogen-bond donors (Lipinski definition) is 2. The highest BCUT2D eigenvalue weighted by Crippen LogP contribution is 2.57. The monoisotopic (exact) mass is 302 g/mol. The Balaban J connectivity index is 1.59. The van der Waals surface area contributed by atoms with Crippen molar-refractivity contribution in [3.05, 3.63) is 18.1 Å². The predicted molar refractivity (Wildman–Crippen MR) is 80.6 cm³/mol. The molecule has 6 nitrogen and oxygen atoms in total. The van der Waals surface area contributed by atoms with Crippen molar-refractivity contribution >= 4 is 11.7 Å². The second-order valence-electron chi connectivity index (χ2n) is 7.40. The number of nitrogens with zero attached hydrogens (tertiary/aromatic N) is 3. The summed E-state index contributed by atoms with van der Waals surface area (Å²) in [5.74, 6) is 2.82. The van der Waals surface area contributed by atoms with E-state index in [2.05, 4.69) is 21.9 Å². The van der Waals surface area contributed by atoms with Gasteiger partial charge in [0.2, 0.25) is 0 Å². The molecule has 118 valence electrons.